The van der Waals surface area contributed by atoms with Crippen LogP contribution < -0.4 is 0 Å². The average Bonchev–Trinajstić information content (AvgIpc) is 2.60. The predicted molar refractivity (Wildman–Crippen MR) is 137 cm³/mol. The molecule has 28 heavy (non-hydrogen) atoms. The minimum Gasteiger partial charge on any atom is -0.233 e. The first-order valence-corrected chi connectivity index (χ1v) is 23.0. The number of rotatable bonds is 12. The van der Waals surface area contributed by atoms with Crippen LogP contribution >= 0.6 is 8.25 Å². The Morgan fingerprint density at radius 1 is 0.643 bits per heavy atom. The van der Waals surface area contributed by atoms with Gasteiger partial charge in [0, 0.05) is 4.57 Å². The summed E-state index contributed by atoms with van der Waals surface area (Å²) in [4.78, 5) is 0. The van der Waals surface area contributed by atoms with Gasteiger partial charge in [0.15, 0.2) is 16.1 Å². The van der Waals surface area contributed by atoms with Crippen LogP contribution in [0.15, 0.2) is 71.3 Å². The summed E-state index contributed by atoms with van der Waals surface area (Å²) < 4.78 is 24.8. The van der Waals surface area contributed by atoms with Crippen molar-refractivity contribution in [3.05, 3.63) is 71.3 Å². The van der Waals surface area contributed by atoms with Gasteiger partial charge in [-0.3, -0.25) is 0 Å². The van der Waals surface area contributed by atoms with Crippen LogP contribution in [0.1, 0.15) is 0 Å². The van der Waals surface area contributed by atoms with Gasteiger partial charge in [-0.05, 0) is 0 Å². The van der Waals surface area contributed by atoms with Crippen molar-refractivity contribution in [3.63, 3.8) is 0 Å². The molecule has 0 amide bonds. The van der Waals surface area contributed by atoms with Gasteiger partial charge < -0.3 is 0 Å². The SMILES string of the molecule is C=C[Si](C)(C)/C=C(\O[P+](=O)O/C(=C\[Si](C)(C)C=C)[Si](C)(C)C=C)[Si](C)(C)C=C. The lowest BCUT2D eigenvalue weighted by molar-refractivity contribution is 0.338. The maximum absolute atomic E-state index is 12.9. The lowest BCUT2D eigenvalue weighted by Gasteiger charge is -2.22. The van der Waals surface area contributed by atoms with E-state index in [4.69, 9.17) is 9.05 Å². The summed E-state index contributed by atoms with van der Waals surface area (Å²) in [5.74, 6) is 0. The third kappa shape index (κ3) is 8.57. The van der Waals surface area contributed by atoms with Crippen molar-refractivity contribution in [1.29, 1.82) is 0 Å². The summed E-state index contributed by atoms with van der Waals surface area (Å²) in [6.45, 7) is 33.0. The number of hydrogen-bond donors (Lipinski definition) is 0. The van der Waals surface area contributed by atoms with Crippen LogP contribution in [0, 0.1) is 0 Å². The molecule has 8 heteroatoms. The molecule has 0 aliphatic heterocycles. The summed E-state index contributed by atoms with van der Waals surface area (Å²) in [6, 6.07) is 0. The van der Waals surface area contributed by atoms with E-state index in [2.05, 4.69) is 90.1 Å². The van der Waals surface area contributed by atoms with Crippen molar-refractivity contribution in [1.82, 2.24) is 0 Å². The Labute approximate surface area is 177 Å². The quantitative estimate of drug-likeness (QED) is 0.170. The van der Waals surface area contributed by atoms with Crippen LogP contribution in [0.5, 0.6) is 0 Å². The van der Waals surface area contributed by atoms with Crippen molar-refractivity contribution in [2.24, 2.45) is 0 Å². The number of hydrogen-bond acceptors (Lipinski definition) is 3. The van der Waals surface area contributed by atoms with E-state index in [1.807, 2.05) is 22.8 Å². The van der Waals surface area contributed by atoms with Gasteiger partial charge in [-0.15, -0.1) is 26.3 Å². The van der Waals surface area contributed by atoms with E-state index in [-0.39, 0.29) is 0 Å². The molecular formula is C20H38O3PSi4+. The van der Waals surface area contributed by atoms with Crippen molar-refractivity contribution < 1.29 is 13.6 Å². The molecule has 0 heterocycles. The molecule has 0 saturated heterocycles. The van der Waals surface area contributed by atoms with E-state index in [0.717, 1.165) is 10.8 Å². The van der Waals surface area contributed by atoms with E-state index in [0.29, 0.717) is 0 Å². The van der Waals surface area contributed by atoms with Crippen LogP contribution in [0.3, 0.4) is 0 Å². The van der Waals surface area contributed by atoms with Gasteiger partial charge in [0.1, 0.15) is 10.8 Å². The van der Waals surface area contributed by atoms with Gasteiger partial charge in [-0.25, -0.2) is 9.05 Å². The highest BCUT2D eigenvalue weighted by Crippen LogP contribution is 2.38. The summed E-state index contributed by atoms with van der Waals surface area (Å²) in [5, 5.41) is 1.50. The fraction of sp³-hybridized carbons (Fsp3) is 0.400. The van der Waals surface area contributed by atoms with Crippen LogP contribution in [-0.2, 0) is 13.6 Å². The molecule has 0 unspecified atom stereocenters. The molecule has 0 aliphatic rings. The van der Waals surface area contributed by atoms with E-state index >= 15 is 0 Å². The van der Waals surface area contributed by atoms with Gasteiger partial charge in [0.2, 0.25) is 0 Å². The molecule has 0 saturated carbocycles. The second kappa shape index (κ2) is 10.2. The van der Waals surface area contributed by atoms with Crippen molar-refractivity contribution in [2.45, 2.75) is 52.4 Å². The van der Waals surface area contributed by atoms with Crippen LogP contribution in [0.2, 0.25) is 52.4 Å². The van der Waals surface area contributed by atoms with Crippen molar-refractivity contribution in [3.8, 4) is 0 Å². The average molecular weight is 470 g/mol. The summed E-state index contributed by atoms with van der Waals surface area (Å²) in [6.07, 6.45) is 0. The first-order valence-electron chi connectivity index (χ1n) is 9.40. The Kier molecular flexibility index (Phi) is 9.80. The van der Waals surface area contributed by atoms with Gasteiger partial charge in [0.25, 0.3) is 0 Å². The highest BCUT2D eigenvalue weighted by Gasteiger charge is 2.40. The van der Waals surface area contributed by atoms with Gasteiger partial charge >= 0.3 is 8.25 Å². The lowest BCUT2D eigenvalue weighted by atomic mass is 11.1. The molecule has 0 bridgehead atoms. The Morgan fingerprint density at radius 2 is 0.929 bits per heavy atom. The second-order valence-corrected chi connectivity index (χ2v) is 27.5. The zero-order chi connectivity index (χ0) is 22.4. The van der Waals surface area contributed by atoms with Gasteiger partial charge in [0.05, 0.1) is 16.1 Å². The molecule has 0 fully saturated rings. The predicted octanol–water partition coefficient (Wildman–Crippen LogP) is 7.34. The van der Waals surface area contributed by atoms with Crippen LogP contribution in [0.25, 0.3) is 0 Å². The molecule has 0 radical (unpaired) electrons. The third-order valence-electron chi connectivity index (χ3n) is 4.69. The zero-order valence-electron chi connectivity index (χ0n) is 19.0. The largest absolute Gasteiger partial charge is 0.803 e. The molecule has 0 atom stereocenters. The van der Waals surface area contributed by atoms with E-state index in [9.17, 15) is 4.57 Å². The monoisotopic (exact) mass is 469 g/mol. The molecule has 0 aromatic rings. The molecule has 0 aromatic carbocycles. The summed E-state index contributed by atoms with van der Waals surface area (Å²) in [5.41, 5.74) is 12.1. The molecule has 0 rings (SSSR count). The standard InChI is InChI=1S/C20H38O3PSi4/c1-13-25(5,6)17-19(27(9,10)15-3)22-24(21)23-20(28(11,12)16-4)18-26(7,8)14-2/h13-18H,1-4H2,5-12H3/q+1/b19-17+,20-18+. The first kappa shape index (κ1) is 27.0. The van der Waals surface area contributed by atoms with E-state index in [1.54, 1.807) is 0 Å². The Morgan fingerprint density at radius 3 is 1.14 bits per heavy atom. The molecule has 156 valence electrons. The Balaban J connectivity index is 5.97. The van der Waals surface area contributed by atoms with E-state index in [1.165, 1.54) is 0 Å². The molecular weight excluding hydrogens is 432 g/mol. The normalized spacial score (nSPS) is 14.1. The molecule has 0 aromatic heterocycles. The Hall–Kier alpha value is -0.992. The van der Waals surface area contributed by atoms with Gasteiger partial charge in [-0.1, -0.05) is 86.6 Å². The van der Waals surface area contributed by atoms with Crippen LogP contribution in [0.4, 0.5) is 0 Å². The fourth-order valence-electron chi connectivity index (χ4n) is 1.83. The molecule has 3 nitrogen and oxygen atoms in total. The fourth-order valence-corrected chi connectivity index (χ4v) is 12.1. The maximum Gasteiger partial charge on any atom is 0.803 e. The molecule has 0 spiro atoms. The van der Waals surface area contributed by atoms with E-state index < -0.39 is 40.6 Å². The first-order chi connectivity index (χ1) is 12.6. The highest BCUT2D eigenvalue weighted by molar-refractivity contribution is 7.34. The van der Waals surface area contributed by atoms with Crippen molar-refractivity contribution in [2.75, 3.05) is 0 Å². The van der Waals surface area contributed by atoms with Crippen molar-refractivity contribution >= 4 is 40.6 Å². The minimum atomic E-state index is -2.35. The topological polar surface area (TPSA) is 35.5 Å². The third-order valence-corrected chi connectivity index (χ3v) is 15.5. The summed E-state index contributed by atoms with van der Waals surface area (Å²) >= 11 is 0. The van der Waals surface area contributed by atoms with Crippen LogP contribution in [-0.4, -0.2) is 32.3 Å². The lowest BCUT2D eigenvalue weighted by Crippen LogP contribution is -2.32. The second-order valence-electron chi connectivity index (χ2n) is 9.33. The smallest absolute Gasteiger partial charge is 0.233 e. The summed E-state index contributed by atoms with van der Waals surface area (Å²) in [7, 11) is -10.1. The highest BCUT2D eigenvalue weighted by atomic mass is 31.1. The maximum atomic E-state index is 12.9. The van der Waals surface area contributed by atoms with Gasteiger partial charge in [-0.2, -0.15) is 0 Å². The zero-order valence-corrected chi connectivity index (χ0v) is 23.9. The Bertz CT molecular complexity index is 646. The molecule has 0 N–H and O–H groups in total. The minimum absolute atomic E-state index is 0.748. The molecule has 0 aliphatic carbocycles.